The smallest absolute Gasteiger partial charge is 0.0160 e. The van der Waals surface area contributed by atoms with Crippen molar-refractivity contribution in [3.63, 3.8) is 0 Å². The van der Waals surface area contributed by atoms with E-state index in [9.17, 15) is 0 Å². The molecule has 1 nitrogen and oxygen atoms in total. The summed E-state index contributed by atoms with van der Waals surface area (Å²) >= 11 is 0. The largest absolute Gasteiger partial charge is 0.313 e. The minimum absolute atomic E-state index is 0.730. The van der Waals surface area contributed by atoms with Crippen molar-refractivity contribution in [3.05, 3.63) is 0 Å². The van der Waals surface area contributed by atoms with Gasteiger partial charge in [-0.2, -0.15) is 0 Å². The fourth-order valence-corrected chi connectivity index (χ4v) is 7.70. The average Bonchev–Trinajstić information content (AvgIpc) is 2.85. The normalized spacial score (nSPS) is 75.6. The Morgan fingerprint density at radius 3 is 2.73 bits per heavy atom. The van der Waals surface area contributed by atoms with Crippen LogP contribution < -0.4 is 5.32 Å². The van der Waals surface area contributed by atoms with Gasteiger partial charge in [0.1, 0.15) is 0 Å². The van der Waals surface area contributed by atoms with E-state index in [-0.39, 0.29) is 0 Å². The Morgan fingerprint density at radius 2 is 2.00 bits per heavy atom. The van der Waals surface area contributed by atoms with Crippen molar-refractivity contribution < 1.29 is 0 Å². The van der Waals surface area contributed by atoms with E-state index in [1.807, 2.05) is 0 Å². The molecule has 0 aliphatic heterocycles. The summed E-state index contributed by atoms with van der Waals surface area (Å²) < 4.78 is 0. The molecule has 0 aromatic rings. The first-order valence-electron chi connectivity index (χ1n) is 7.02. The van der Waals surface area contributed by atoms with Crippen LogP contribution in [0.25, 0.3) is 0 Å². The standard InChI is InChI=1S/C14H21N/c1-3-15-13-11-8-4-6-7-5-9(10(6)11)14(13,2)12(7)8/h6-13,15H,3-5H2,1-2H3/t6?,7?,8?,9?,10?,11?,12?,13-,14?/m0/s1. The van der Waals surface area contributed by atoms with Gasteiger partial charge in [-0.15, -0.1) is 0 Å². The molecule has 0 radical (unpaired) electrons. The van der Waals surface area contributed by atoms with E-state index in [2.05, 4.69) is 19.2 Å². The van der Waals surface area contributed by atoms with Crippen molar-refractivity contribution in [1.82, 2.24) is 5.32 Å². The highest BCUT2D eigenvalue weighted by Crippen LogP contribution is 2.86. The maximum Gasteiger partial charge on any atom is 0.0160 e. The minimum Gasteiger partial charge on any atom is -0.313 e. The maximum absolute atomic E-state index is 3.86. The quantitative estimate of drug-likeness (QED) is 0.725. The van der Waals surface area contributed by atoms with Gasteiger partial charge in [0.15, 0.2) is 0 Å². The van der Waals surface area contributed by atoms with Crippen LogP contribution in [0.5, 0.6) is 0 Å². The molecule has 0 spiro atoms. The Balaban J connectivity index is 1.72. The van der Waals surface area contributed by atoms with Crippen molar-refractivity contribution in [2.24, 2.45) is 46.8 Å². The van der Waals surface area contributed by atoms with Crippen LogP contribution in [-0.2, 0) is 0 Å². The molecule has 0 aromatic heterocycles. The van der Waals surface area contributed by atoms with Gasteiger partial charge in [0.25, 0.3) is 0 Å². The zero-order valence-electron chi connectivity index (χ0n) is 9.74. The Labute approximate surface area is 92.0 Å². The van der Waals surface area contributed by atoms with Crippen LogP contribution in [0.15, 0.2) is 0 Å². The monoisotopic (exact) mass is 203 g/mol. The molecule has 6 bridgehead atoms. The molecule has 0 heterocycles. The first-order chi connectivity index (χ1) is 7.28. The molecule has 0 amide bonds. The lowest BCUT2D eigenvalue weighted by Crippen LogP contribution is -2.42. The van der Waals surface area contributed by atoms with E-state index in [4.69, 9.17) is 0 Å². The van der Waals surface area contributed by atoms with E-state index >= 15 is 0 Å². The van der Waals surface area contributed by atoms with Crippen LogP contribution in [0, 0.1) is 46.8 Å². The molecule has 8 unspecified atom stereocenters. The average molecular weight is 203 g/mol. The van der Waals surface area contributed by atoms with Crippen LogP contribution >= 0.6 is 0 Å². The van der Waals surface area contributed by atoms with Gasteiger partial charge in [-0.05, 0) is 66.2 Å². The van der Waals surface area contributed by atoms with E-state index in [1.54, 1.807) is 12.8 Å². The van der Waals surface area contributed by atoms with E-state index < -0.39 is 0 Å². The van der Waals surface area contributed by atoms with Crippen LogP contribution in [-0.4, -0.2) is 12.6 Å². The highest BCUT2D eigenvalue weighted by molar-refractivity contribution is 5.33. The molecule has 15 heavy (non-hydrogen) atoms. The van der Waals surface area contributed by atoms with Gasteiger partial charge in [-0.25, -0.2) is 0 Å². The zero-order valence-corrected chi connectivity index (χ0v) is 9.74. The molecule has 6 aliphatic rings. The summed E-state index contributed by atoms with van der Waals surface area (Å²) in [6.07, 6.45) is 3.24. The molecular formula is C14H21N. The van der Waals surface area contributed by atoms with Crippen LogP contribution in [0.2, 0.25) is 0 Å². The fourth-order valence-electron chi connectivity index (χ4n) is 7.70. The Morgan fingerprint density at radius 1 is 1.13 bits per heavy atom. The second kappa shape index (κ2) is 2.03. The van der Waals surface area contributed by atoms with Gasteiger partial charge < -0.3 is 5.32 Å². The van der Waals surface area contributed by atoms with Crippen LogP contribution in [0.3, 0.4) is 0 Å². The second-order valence-electron chi connectivity index (χ2n) is 7.15. The van der Waals surface area contributed by atoms with Gasteiger partial charge in [-0.3, -0.25) is 0 Å². The molecule has 0 saturated heterocycles. The Hall–Kier alpha value is -0.0400. The summed E-state index contributed by atoms with van der Waals surface area (Å²) in [6.45, 7) is 6.12. The number of rotatable bonds is 2. The predicted molar refractivity (Wildman–Crippen MR) is 59.2 cm³/mol. The number of hydrogen-bond donors (Lipinski definition) is 1. The van der Waals surface area contributed by atoms with Gasteiger partial charge in [0, 0.05) is 6.04 Å². The van der Waals surface area contributed by atoms with Crippen LogP contribution in [0.4, 0.5) is 0 Å². The first kappa shape index (κ1) is 8.11. The van der Waals surface area contributed by atoms with Gasteiger partial charge in [0.2, 0.25) is 0 Å². The Kier molecular flexibility index (Phi) is 1.10. The van der Waals surface area contributed by atoms with Gasteiger partial charge in [0.05, 0.1) is 0 Å². The highest BCUT2D eigenvalue weighted by Gasteiger charge is 2.84. The summed E-state index contributed by atoms with van der Waals surface area (Å²) in [6, 6.07) is 0.907. The summed E-state index contributed by atoms with van der Waals surface area (Å²) in [5, 5.41) is 3.86. The molecule has 6 rings (SSSR count). The molecule has 82 valence electrons. The third-order valence-electron chi connectivity index (χ3n) is 7.44. The topological polar surface area (TPSA) is 12.0 Å². The molecule has 6 saturated carbocycles. The molecular weight excluding hydrogens is 182 g/mol. The van der Waals surface area contributed by atoms with Crippen molar-refractivity contribution in [1.29, 1.82) is 0 Å². The molecule has 0 aromatic carbocycles. The van der Waals surface area contributed by atoms with Gasteiger partial charge in [-0.1, -0.05) is 13.8 Å². The highest BCUT2D eigenvalue weighted by atomic mass is 15.0. The minimum atomic E-state index is 0.730. The lowest BCUT2D eigenvalue weighted by molar-refractivity contribution is 0.0654. The van der Waals surface area contributed by atoms with Gasteiger partial charge >= 0.3 is 0 Å². The van der Waals surface area contributed by atoms with Crippen molar-refractivity contribution in [3.8, 4) is 0 Å². The van der Waals surface area contributed by atoms with E-state index in [0.717, 1.165) is 35.1 Å². The summed E-state index contributed by atoms with van der Waals surface area (Å²) in [7, 11) is 0. The van der Waals surface area contributed by atoms with E-state index in [0.29, 0.717) is 0 Å². The van der Waals surface area contributed by atoms with Crippen LogP contribution in [0.1, 0.15) is 26.7 Å². The third-order valence-corrected chi connectivity index (χ3v) is 7.44. The number of hydrogen-bond acceptors (Lipinski definition) is 1. The second-order valence-corrected chi connectivity index (χ2v) is 7.15. The lowest BCUT2D eigenvalue weighted by Gasteiger charge is -2.40. The first-order valence-corrected chi connectivity index (χ1v) is 7.02. The zero-order chi connectivity index (χ0) is 9.95. The molecule has 1 N–H and O–H groups in total. The Bertz CT molecular complexity index is 351. The van der Waals surface area contributed by atoms with Crippen molar-refractivity contribution >= 4 is 0 Å². The van der Waals surface area contributed by atoms with E-state index in [1.165, 1.54) is 24.3 Å². The molecule has 9 atom stereocenters. The third kappa shape index (κ3) is 0.537. The summed E-state index contributed by atoms with van der Waals surface area (Å²) in [5.74, 6) is 8.06. The molecule has 1 heteroatoms. The van der Waals surface area contributed by atoms with Crippen molar-refractivity contribution in [2.45, 2.75) is 32.7 Å². The molecule has 6 aliphatic carbocycles. The predicted octanol–water partition coefficient (Wildman–Crippen LogP) is 2.13. The lowest BCUT2D eigenvalue weighted by atomic mass is 9.64. The molecule has 6 fully saturated rings. The summed E-state index contributed by atoms with van der Waals surface area (Å²) in [5.41, 5.74) is 0.730. The number of nitrogens with one attached hydrogen (secondary N) is 1. The fraction of sp³-hybridized carbons (Fsp3) is 1.00. The SMILES string of the molecule is CCN[C@H]1C2C3CC4C5CC(C42)C1(C)C53. The maximum atomic E-state index is 3.86. The summed E-state index contributed by atoms with van der Waals surface area (Å²) in [4.78, 5) is 0. The van der Waals surface area contributed by atoms with Crippen molar-refractivity contribution in [2.75, 3.05) is 6.54 Å².